The number of para-hydroxylation sites is 1. The van der Waals surface area contributed by atoms with Gasteiger partial charge in [0.25, 0.3) is 0 Å². The highest BCUT2D eigenvalue weighted by Crippen LogP contribution is 2.41. The largest absolute Gasteiger partial charge is 0.343 e. The number of sulfonamides is 1. The van der Waals surface area contributed by atoms with Gasteiger partial charge in [-0.3, -0.25) is 14.4 Å². The lowest BCUT2D eigenvalue weighted by Crippen LogP contribution is -2.58. The van der Waals surface area contributed by atoms with Crippen molar-refractivity contribution in [3.8, 4) is 0 Å². The maximum absolute atomic E-state index is 14.3. The number of amides is 3. The molecule has 39 heavy (non-hydrogen) atoms. The van der Waals surface area contributed by atoms with Crippen LogP contribution in [0.2, 0.25) is 0 Å². The lowest BCUT2D eigenvalue weighted by atomic mass is 9.83. The van der Waals surface area contributed by atoms with Gasteiger partial charge >= 0.3 is 0 Å². The fraction of sp³-hybridized carbons (Fsp3) is 0.679. The molecule has 3 amide bonds. The number of fused-ring (bicyclic) bond motifs is 2. The summed E-state index contributed by atoms with van der Waals surface area (Å²) in [6.45, 7) is 2.72. The Morgan fingerprint density at radius 2 is 1.74 bits per heavy atom. The van der Waals surface area contributed by atoms with Gasteiger partial charge in [-0.05, 0) is 57.2 Å². The second-order valence-electron chi connectivity index (χ2n) is 11.6. The zero-order valence-corrected chi connectivity index (χ0v) is 24.0. The Labute approximate surface area is 231 Å². The molecule has 3 aliphatic heterocycles. The van der Waals surface area contributed by atoms with Gasteiger partial charge in [-0.1, -0.05) is 37.5 Å². The van der Waals surface area contributed by atoms with Crippen molar-refractivity contribution in [1.29, 1.82) is 0 Å². The predicted molar refractivity (Wildman–Crippen MR) is 148 cm³/mol. The fourth-order valence-electron chi connectivity index (χ4n) is 7.10. The Balaban J connectivity index is 1.45. The summed E-state index contributed by atoms with van der Waals surface area (Å²) in [7, 11) is -1.88. The van der Waals surface area contributed by atoms with Crippen LogP contribution < -0.4 is 15.5 Å². The monoisotopic (exact) mass is 559 g/mol. The van der Waals surface area contributed by atoms with Crippen molar-refractivity contribution in [1.82, 2.24) is 19.8 Å². The van der Waals surface area contributed by atoms with Gasteiger partial charge in [0, 0.05) is 31.4 Å². The van der Waals surface area contributed by atoms with Crippen LogP contribution in [-0.2, 0) is 30.8 Å². The maximum Gasteiger partial charge on any atom is 0.245 e. The molecule has 1 saturated carbocycles. The number of carbonyl (C=O) groups excluding carboxylic acids is 3. The summed E-state index contributed by atoms with van der Waals surface area (Å²) in [4.78, 5) is 44.8. The van der Waals surface area contributed by atoms with Gasteiger partial charge in [-0.2, -0.15) is 4.31 Å². The van der Waals surface area contributed by atoms with Crippen molar-refractivity contribution in [2.75, 3.05) is 37.8 Å². The fourth-order valence-corrected chi connectivity index (χ4v) is 8.26. The number of likely N-dealkylation sites (N-methyl/N-ethyl adjacent to an activating group) is 1. The zero-order chi connectivity index (χ0) is 27.9. The quantitative estimate of drug-likeness (QED) is 0.517. The van der Waals surface area contributed by atoms with Crippen LogP contribution in [0.15, 0.2) is 24.3 Å². The summed E-state index contributed by atoms with van der Waals surface area (Å²) < 4.78 is 27.0. The minimum atomic E-state index is -3.58. The van der Waals surface area contributed by atoms with Crippen molar-refractivity contribution in [2.24, 2.45) is 11.8 Å². The van der Waals surface area contributed by atoms with E-state index in [1.165, 1.54) is 10.6 Å². The first-order valence-electron chi connectivity index (χ1n) is 14.3. The summed E-state index contributed by atoms with van der Waals surface area (Å²) in [5, 5.41) is 5.97. The Morgan fingerprint density at radius 1 is 1.03 bits per heavy atom. The first kappa shape index (κ1) is 28.0. The highest BCUT2D eigenvalue weighted by Gasteiger charge is 2.57. The predicted octanol–water partition coefficient (Wildman–Crippen LogP) is 1.11. The molecular formula is C28H41N5O5S. The number of benzene rings is 1. The molecule has 1 aromatic carbocycles. The Bertz CT molecular complexity index is 1220. The number of hydrogen-bond donors (Lipinski definition) is 2. The Morgan fingerprint density at radius 3 is 2.44 bits per heavy atom. The van der Waals surface area contributed by atoms with Crippen LogP contribution in [0.4, 0.5) is 5.69 Å². The molecule has 10 nitrogen and oxygen atoms in total. The minimum absolute atomic E-state index is 0.0188. The van der Waals surface area contributed by atoms with E-state index in [-0.39, 0.29) is 30.2 Å². The third-order valence-electron chi connectivity index (χ3n) is 9.27. The average molecular weight is 560 g/mol. The van der Waals surface area contributed by atoms with Gasteiger partial charge in [0.15, 0.2) is 0 Å². The minimum Gasteiger partial charge on any atom is -0.343 e. The van der Waals surface area contributed by atoms with Crippen molar-refractivity contribution in [3.05, 3.63) is 29.8 Å². The number of hydrogen-bond acceptors (Lipinski definition) is 6. The first-order valence-corrected chi connectivity index (χ1v) is 16.1. The van der Waals surface area contributed by atoms with Crippen molar-refractivity contribution < 1.29 is 22.8 Å². The Kier molecular flexibility index (Phi) is 8.03. The first-order chi connectivity index (χ1) is 18.6. The summed E-state index contributed by atoms with van der Waals surface area (Å²) in [5.74, 6) is -1.21. The summed E-state index contributed by atoms with van der Waals surface area (Å²) in [5.41, 5.74) is 1.96. The van der Waals surface area contributed by atoms with E-state index in [0.717, 1.165) is 49.8 Å². The molecule has 3 heterocycles. The van der Waals surface area contributed by atoms with Crippen molar-refractivity contribution >= 4 is 33.4 Å². The van der Waals surface area contributed by atoms with Gasteiger partial charge < -0.3 is 20.4 Å². The highest BCUT2D eigenvalue weighted by molar-refractivity contribution is 7.88. The van der Waals surface area contributed by atoms with Crippen LogP contribution in [0.25, 0.3) is 0 Å². The summed E-state index contributed by atoms with van der Waals surface area (Å²) in [6, 6.07) is 5.64. The molecule has 0 radical (unpaired) electrons. The third-order valence-corrected chi connectivity index (χ3v) is 10.5. The molecule has 11 heteroatoms. The lowest BCUT2D eigenvalue weighted by molar-refractivity contribution is -0.141. The lowest BCUT2D eigenvalue weighted by Gasteiger charge is -2.37. The number of nitrogens with one attached hydrogen (secondary N) is 2. The molecule has 1 aliphatic carbocycles. The molecule has 1 unspecified atom stereocenters. The van der Waals surface area contributed by atoms with Gasteiger partial charge in [0.2, 0.25) is 27.7 Å². The number of nitrogens with zero attached hydrogens (tertiary/aromatic N) is 3. The molecular weight excluding hydrogens is 518 g/mol. The second kappa shape index (κ2) is 11.2. The van der Waals surface area contributed by atoms with E-state index in [9.17, 15) is 22.8 Å². The molecule has 0 spiro atoms. The van der Waals surface area contributed by atoms with E-state index < -0.39 is 40.1 Å². The molecule has 0 aromatic heterocycles. The third kappa shape index (κ3) is 5.32. The van der Waals surface area contributed by atoms with Crippen LogP contribution in [0, 0.1) is 11.8 Å². The molecule has 2 N–H and O–H groups in total. The zero-order valence-electron chi connectivity index (χ0n) is 23.1. The van der Waals surface area contributed by atoms with E-state index in [0.29, 0.717) is 19.5 Å². The van der Waals surface area contributed by atoms with Gasteiger partial charge in [0.05, 0.1) is 24.3 Å². The van der Waals surface area contributed by atoms with E-state index in [1.54, 1.807) is 23.8 Å². The van der Waals surface area contributed by atoms with Gasteiger partial charge in [-0.25, -0.2) is 8.42 Å². The SMILES string of the molecule is CN[C@@H](C)C(=O)NC(C(=O)N1CC[C@@H]2[C@H]1[C@@H](C(=O)N1CCc3ccccc31)CN2S(C)(=O)=O)C1CCCCC1. The number of likely N-dealkylation sites (tertiary alicyclic amines) is 1. The Hall–Kier alpha value is -2.50. The molecule has 2 saturated heterocycles. The molecule has 5 rings (SSSR count). The van der Waals surface area contributed by atoms with E-state index >= 15 is 0 Å². The summed E-state index contributed by atoms with van der Waals surface area (Å²) >= 11 is 0. The van der Waals surface area contributed by atoms with Crippen LogP contribution in [0.1, 0.15) is 51.0 Å². The van der Waals surface area contributed by atoms with Crippen LogP contribution in [0.5, 0.6) is 0 Å². The second-order valence-corrected chi connectivity index (χ2v) is 13.5. The van der Waals surface area contributed by atoms with Crippen LogP contribution >= 0.6 is 0 Å². The molecule has 1 aromatic rings. The molecule has 4 aliphatic rings. The van der Waals surface area contributed by atoms with Crippen molar-refractivity contribution in [3.63, 3.8) is 0 Å². The molecule has 0 bridgehead atoms. The average Bonchev–Trinajstić information content (AvgIpc) is 3.64. The molecule has 5 atom stereocenters. The van der Waals surface area contributed by atoms with E-state index in [2.05, 4.69) is 10.6 Å². The van der Waals surface area contributed by atoms with Crippen LogP contribution in [-0.4, -0.2) is 92.4 Å². The summed E-state index contributed by atoms with van der Waals surface area (Å²) in [6.07, 6.45) is 7.25. The van der Waals surface area contributed by atoms with E-state index in [4.69, 9.17) is 0 Å². The van der Waals surface area contributed by atoms with Gasteiger partial charge in [-0.15, -0.1) is 0 Å². The van der Waals surface area contributed by atoms with Crippen molar-refractivity contribution in [2.45, 2.75) is 76.0 Å². The van der Waals surface area contributed by atoms with E-state index in [1.807, 2.05) is 24.3 Å². The topological polar surface area (TPSA) is 119 Å². The number of rotatable bonds is 7. The molecule has 3 fully saturated rings. The standard InChI is InChI=1S/C28H41N5O5S/c1-18(29-2)26(34)30-24(20-10-5-4-6-11-20)28(36)32-16-14-23-25(32)21(17-33(23)39(3,37)38)27(35)31-15-13-19-9-7-8-12-22(19)31/h7-9,12,18,20-21,23-25,29H,4-6,10-11,13-17H2,1-3H3,(H,30,34)/t18-,21-,23+,24?,25+/m0/s1. The number of carbonyl (C=O) groups is 3. The maximum atomic E-state index is 14.3. The molecule has 214 valence electrons. The smallest absolute Gasteiger partial charge is 0.245 e. The van der Waals surface area contributed by atoms with Gasteiger partial charge in [0.1, 0.15) is 6.04 Å². The number of anilines is 1. The van der Waals surface area contributed by atoms with Crippen LogP contribution in [0.3, 0.4) is 0 Å². The normalized spacial score (nSPS) is 27.2. The highest BCUT2D eigenvalue weighted by atomic mass is 32.2.